The number of aryl methyl sites for hydroxylation is 1. The number of hydrogen-bond donors (Lipinski definition) is 1. The van der Waals surface area contributed by atoms with Crippen LogP contribution < -0.4 is 10.2 Å². The van der Waals surface area contributed by atoms with Crippen LogP contribution in [-0.4, -0.2) is 35.6 Å². The molecule has 7 nitrogen and oxygen atoms in total. The van der Waals surface area contributed by atoms with Gasteiger partial charge in [0.05, 0.1) is 22.7 Å². The van der Waals surface area contributed by atoms with Crippen molar-refractivity contribution in [3.63, 3.8) is 0 Å². The van der Waals surface area contributed by atoms with Crippen LogP contribution in [-0.2, 0) is 4.74 Å². The molecule has 5 aromatic rings. The normalized spacial score (nSPS) is 16.5. The Hall–Kier alpha value is -3.27. The Morgan fingerprint density at radius 1 is 1.12 bits per heavy atom. The quantitative estimate of drug-likeness (QED) is 0.362. The van der Waals surface area contributed by atoms with E-state index in [2.05, 4.69) is 27.3 Å². The van der Waals surface area contributed by atoms with Crippen molar-refractivity contribution in [3.8, 4) is 0 Å². The number of aromatic nitrogens is 2. The summed E-state index contributed by atoms with van der Waals surface area (Å²) in [7, 11) is 0. The summed E-state index contributed by atoms with van der Waals surface area (Å²) in [5.41, 5.74) is 3.30. The maximum atomic E-state index is 12.8. The molecule has 33 heavy (non-hydrogen) atoms. The number of nitrogens with one attached hydrogen (secondary N) is 1. The molecule has 6 rings (SSSR count). The predicted octanol–water partition coefficient (Wildman–Crippen LogP) is 5.64. The van der Waals surface area contributed by atoms with Crippen molar-refractivity contribution < 1.29 is 13.9 Å². The highest BCUT2D eigenvalue weighted by atomic mass is 32.1. The third-order valence-corrected chi connectivity index (χ3v) is 7.78. The maximum Gasteiger partial charge on any atom is 0.265 e. The number of thiazole rings is 1. The zero-order valence-corrected chi connectivity index (χ0v) is 19.4. The van der Waals surface area contributed by atoms with Crippen molar-refractivity contribution in [2.75, 3.05) is 29.9 Å². The lowest BCUT2D eigenvalue weighted by atomic mass is 10.1. The fraction of sp³-hybridized carbons (Fsp3) is 0.208. The highest BCUT2D eigenvalue weighted by molar-refractivity contribution is 7.29. The summed E-state index contributed by atoms with van der Waals surface area (Å²) in [6.45, 7) is 4.04. The molecule has 0 saturated carbocycles. The van der Waals surface area contributed by atoms with Gasteiger partial charge in [-0.15, -0.1) is 11.3 Å². The van der Waals surface area contributed by atoms with Crippen LogP contribution in [0.4, 0.5) is 10.8 Å². The number of morpholine rings is 1. The number of oxazole rings is 1. The van der Waals surface area contributed by atoms with E-state index in [-0.39, 0.29) is 12.0 Å². The lowest BCUT2D eigenvalue weighted by Gasteiger charge is -2.32. The molecule has 1 atom stereocenters. The third kappa shape index (κ3) is 3.99. The van der Waals surface area contributed by atoms with Crippen molar-refractivity contribution in [2.45, 2.75) is 13.0 Å². The van der Waals surface area contributed by atoms with Crippen LogP contribution in [0.1, 0.15) is 27.2 Å². The van der Waals surface area contributed by atoms with Crippen molar-refractivity contribution in [3.05, 3.63) is 70.9 Å². The van der Waals surface area contributed by atoms with Crippen LogP contribution in [0.2, 0.25) is 0 Å². The molecule has 4 heterocycles. The minimum Gasteiger partial charge on any atom is -0.441 e. The number of thiophene rings is 1. The Morgan fingerprint density at radius 3 is 2.85 bits per heavy atom. The number of carbonyl (C=O) groups is 1. The standard InChI is InChI=1S/C24H20N4O3S2/c1-14-25-17-11-16(7-8-18(17)31-14)26-22(29)20-12-21-23(32-20)27-24(33-21)28-9-10-30-19(13-28)15-5-3-2-4-6-15/h2-8,11-12,19H,9-10,13H2,1H3,(H,26,29). The molecule has 0 bridgehead atoms. The second-order valence-corrected chi connectivity index (χ2v) is 9.90. The third-order valence-electron chi connectivity index (χ3n) is 5.56. The monoisotopic (exact) mass is 476 g/mol. The Kier molecular flexibility index (Phi) is 5.09. The number of benzene rings is 2. The van der Waals surface area contributed by atoms with Crippen molar-refractivity contribution in [1.82, 2.24) is 9.97 Å². The lowest BCUT2D eigenvalue weighted by Crippen LogP contribution is -2.38. The Labute approximate surface area is 197 Å². The lowest BCUT2D eigenvalue weighted by molar-refractivity contribution is 0.0398. The van der Waals surface area contributed by atoms with Gasteiger partial charge in [0.25, 0.3) is 5.91 Å². The first-order valence-corrected chi connectivity index (χ1v) is 12.3. The van der Waals surface area contributed by atoms with Crippen LogP contribution in [0, 0.1) is 6.92 Å². The van der Waals surface area contributed by atoms with Crippen molar-refractivity contribution in [2.24, 2.45) is 0 Å². The van der Waals surface area contributed by atoms with E-state index in [9.17, 15) is 4.79 Å². The molecule has 1 unspecified atom stereocenters. The van der Waals surface area contributed by atoms with E-state index < -0.39 is 0 Å². The molecular weight excluding hydrogens is 456 g/mol. The van der Waals surface area contributed by atoms with Crippen LogP contribution in [0.15, 0.2) is 59.0 Å². The molecule has 0 aliphatic carbocycles. The first-order valence-electron chi connectivity index (χ1n) is 10.6. The van der Waals surface area contributed by atoms with E-state index in [1.807, 2.05) is 42.5 Å². The van der Waals surface area contributed by atoms with Crippen LogP contribution in [0.5, 0.6) is 0 Å². The number of hydrogen-bond acceptors (Lipinski definition) is 8. The highest BCUT2D eigenvalue weighted by Gasteiger charge is 2.25. The Morgan fingerprint density at radius 2 is 2.00 bits per heavy atom. The van der Waals surface area contributed by atoms with Gasteiger partial charge in [0, 0.05) is 19.2 Å². The van der Waals surface area contributed by atoms with Gasteiger partial charge in [0.15, 0.2) is 16.6 Å². The van der Waals surface area contributed by atoms with E-state index >= 15 is 0 Å². The fourth-order valence-electron chi connectivity index (χ4n) is 3.98. The maximum absolute atomic E-state index is 12.8. The predicted molar refractivity (Wildman–Crippen MR) is 132 cm³/mol. The number of ether oxygens (including phenoxy) is 1. The molecular formula is C24H20N4O3S2. The van der Waals surface area contributed by atoms with E-state index in [0.29, 0.717) is 28.6 Å². The number of anilines is 2. The number of amides is 1. The summed E-state index contributed by atoms with van der Waals surface area (Å²) >= 11 is 3.03. The van der Waals surface area contributed by atoms with Gasteiger partial charge in [-0.2, -0.15) is 0 Å². The second kappa shape index (κ2) is 8.26. The first-order chi connectivity index (χ1) is 16.1. The van der Waals surface area contributed by atoms with Gasteiger partial charge in [0.1, 0.15) is 16.5 Å². The molecule has 1 N–H and O–H groups in total. The summed E-state index contributed by atoms with van der Waals surface area (Å²) in [5.74, 6) is 0.450. The highest BCUT2D eigenvalue weighted by Crippen LogP contribution is 2.36. The van der Waals surface area contributed by atoms with E-state index in [1.54, 1.807) is 18.3 Å². The molecule has 2 aromatic carbocycles. The number of rotatable bonds is 4. The molecule has 9 heteroatoms. The summed E-state index contributed by atoms with van der Waals surface area (Å²) in [6.07, 6.45) is 0.0362. The first kappa shape index (κ1) is 20.3. The smallest absolute Gasteiger partial charge is 0.265 e. The molecule has 3 aromatic heterocycles. The molecule has 166 valence electrons. The van der Waals surface area contributed by atoms with Gasteiger partial charge in [-0.25, -0.2) is 9.97 Å². The second-order valence-electron chi connectivity index (χ2n) is 7.86. The fourth-order valence-corrected chi connectivity index (χ4v) is 6.12. The van der Waals surface area contributed by atoms with Crippen molar-refractivity contribution in [1.29, 1.82) is 0 Å². The van der Waals surface area contributed by atoms with E-state index in [1.165, 1.54) is 16.9 Å². The summed E-state index contributed by atoms with van der Waals surface area (Å²) < 4.78 is 12.5. The van der Waals surface area contributed by atoms with E-state index in [0.717, 1.165) is 33.3 Å². The van der Waals surface area contributed by atoms with Gasteiger partial charge < -0.3 is 19.4 Å². The molecule has 0 spiro atoms. The van der Waals surface area contributed by atoms with Gasteiger partial charge in [-0.3, -0.25) is 4.79 Å². The van der Waals surface area contributed by atoms with Gasteiger partial charge in [-0.05, 0) is 29.8 Å². The Bertz CT molecular complexity index is 1430. The minimum absolute atomic E-state index is 0.0362. The number of nitrogens with zero attached hydrogens (tertiary/aromatic N) is 3. The molecule has 1 saturated heterocycles. The van der Waals surface area contributed by atoms with Crippen LogP contribution in [0.25, 0.3) is 20.6 Å². The minimum atomic E-state index is -0.151. The van der Waals surface area contributed by atoms with Crippen LogP contribution in [0.3, 0.4) is 0 Å². The molecule has 1 amide bonds. The average molecular weight is 477 g/mol. The number of fused-ring (bicyclic) bond motifs is 2. The van der Waals surface area contributed by atoms with Crippen LogP contribution >= 0.6 is 22.7 Å². The molecule has 0 radical (unpaired) electrons. The summed E-state index contributed by atoms with van der Waals surface area (Å²) in [5, 5.41) is 3.92. The average Bonchev–Trinajstić information content (AvgIpc) is 3.52. The summed E-state index contributed by atoms with van der Waals surface area (Å²) in [4.78, 5) is 25.7. The van der Waals surface area contributed by atoms with Gasteiger partial charge in [0.2, 0.25) is 0 Å². The Balaban J connectivity index is 1.18. The molecule has 1 aliphatic heterocycles. The topological polar surface area (TPSA) is 80.5 Å². The van der Waals surface area contributed by atoms with Crippen molar-refractivity contribution >= 4 is 60.0 Å². The zero-order valence-electron chi connectivity index (χ0n) is 17.8. The summed E-state index contributed by atoms with van der Waals surface area (Å²) in [6, 6.07) is 17.7. The van der Waals surface area contributed by atoms with Gasteiger partial charge in [-0.1, -0.05) is 41.7 Å². The van der Waals surface area contributed by atoms with Gasteiger partial charge >= 0.3 is 0 Å². The number of carbonyl (C=O) groups excluding carboxylic acids is 1. The van der Waals surface area contributed by atoms with E-state index in [4.69, 9.17) is 14.1 Å². The largest absolute Gasteiger partial charge is 0.441 e. The molecule has 1 fully saturated rings. The molecule has 1 aliphatic rings. The SMILES string of the molecule is Cc1nc2cc(NC(=O)c3cc4sc(N5CCOC(c6ccccc6)C5)nc4s3)ccc2o1. The zero-order chi connectivity index (χ0) is 22.4.